The third-order valence-electron chi connectivity index (χ3n) is 3.01. The fourth-order valence-corrected chi connectivity index (χ4v) is 2.01. The normalized spacial score (nSPS) is 10.7. The third-order valence-corrected chi connectivity index (χ3v) is 3.01. The number of hydroxylamine groups is 1. The molecule has 2 rings (SSSR count). The molecular formula is C13H18N4O3. The number of nitrogens with zero attached hydrogens (tertiary/aromatic N) is 2. The number of unbranched alkanes of at least 4 members (excludes halogenated alkanes) is 1. The topological polar surface area (TPSA) is 98.9 Å². The number of imidazole rings is 1. The average molecular weight is 278 g/mol. The molecule has 0 aliphatic heterocycles. The zero-order chi connectivity index (χ0) is 14.5. The maximum absolute atomic E-state index is 11.1. The first-order valence-electron chi connectivity index (χ1n) is 6.53. The molecule has 0 aliphatic carbocycles. The molecule has 2 heterocycles. The number of rotatable bonds is 6. The fraction of sp³-hybridized carbons (Fsp3) is 0.385. The Morgan fingerprint density at radius 2 is 2.30 bits per heavy atom. The molecule has 0 saturated carbocycles. The van der Waals surface area contributed by atoms with Gasteiger partial charge < -0.3 is 10.4 Å². The summed E-state index contributed by atoms with van der Waals surface area (Å²) in [6.45, 7) is 2.01. The van der Waals surface area contributed by atoms with Crippen LogP contribution >= 0.6 is 0 Å². The van der Waals surface area contributed by atoms with Gasteiger partial charge in [-0.25, -0.2) is 10.5 Å². The van der Waals surface area contributed by atoms with Crippen LogP contribution in [-0.4, -0.2) is 32.2 Å². The number of amides is 1. The van der Waals surface area contributed by atoms with E-state index in [4.69, 9.17) is 5.21 Å². The highest BCUT2D eigenvalue weighted by Crippen LogP contribution is 2.25. The van der Waals surface area contributed by atoms with Gasteiger partial charge in [0.2, 0.25) is 0 Å². The van der Waals surface area contributed by atoms with Crippen molar-refractivity contribution < 1.29 is 15.1 Å². The highest BCUT2D eigenvalue weighted by molar-refractivity contribution is 5.79. The minimum atomic E-state index is -0.540. The van der Waals surface area contributed by atoms with Crippen LogP contribution in [0.15, 0.2) is 18.3 Å². The van der Waals surface area contributed by atoms with Gasteiger partial charge in [0, 0.05) is 6.20 Å². The first kappa shape index (κ1) is 14.1. The number of anilines is 1. The molecule has 0 fully saturated rings. The van der Waals surface area contributed by atoms with E-state index in [-0.39, 0.29) is 12.3 Å². The van der Waals surface area contributed by atoms with Crippen molar-refractivity contribution in [2.24, 2.45) is 0 Å². The Labute approximate surface area is 116 Å². The smallest absolute Gasteiger partial charge is 0.262 e. The molecule has 7 heteroatoms. The van der Waals surface area contributed by atoms with Gasteiger partial charge in [-0.05, 0) is 25.0 Å². The van der Waals surface area contributed by atoms with Crippen molar-refractivity contribution in [2.75, 3.05) is 11.9 Å². The Hall–Kier alpha value is -2.28. The van der Waals surface area contributed by atoms with Gasteiger partial charge in [0.05, 0.1) is 12.2 Å². The number of hydrogen-bond acceptors (Lipinski definition) is 5. The Balaban J connectivity index is 2.36. The van der Waals surface area contributed by atoms with Crippen LogP contribution in [0.1, 0.15) is 25.5 Å². The van der Waals surface area contributed by atoms with Crippen molar-refractivity contribution in [3.63, 3.8) is 0 Å². The molecule has 0 radical (unpaired) electrons. The van der Waals surface area contributed by atoms with Crippen LogP contribution in [0.3, 0.4) is 0 Å². The predicted octanol–water partition coefficient (Wildman–Crippen LogP) is 1.30. The Kier molecular flexibility index (Phi) is 4.41. The lowest BCUT2D eigenvalue weighted by Crippen LogP contribution is -2.27. The Morgan fingerprint density at radius 3 is 3.00 bits per heavy atom. The number of aromatic hydroxyl groups is 1. The SMILES string of the molecule is CCCCc1nc2c(O)cccn2c1NCC(=O)NO. The molecule has 4 N–H and O–H groups in total. The van der Waals surface area contributed by atoms with Crippen LogP contribution in [0.5, 0.6) is 5.75 Å². The fourth-order valence-electron chi connectivity index (χ4n) is 2.01. The van der Waals surface area contributed by atoms with Crippen LogP contribution in [0, 0.1) is 0 Å². The molecule has 1 amide bonds. The summed E-state index contributed by atoms with van der Waals surface area (Å²) in [5, 5.41) is 21.3. The summed E-state index contributed by atoms with van der Waals surface area (Å²) in [4.78, 5) is 15.5. The highest BCUT2D eigenvalue weighted by Gasteiger charge is 2.14. The van der Waals surface area contributed by atoms with Gasteiger partial charge in [0.1, 0.15) is 5.82 Å². The van der Waals surface area contributed by atoms with E-state index in [1.807, 2.05) is 0 Å². The first-order chi connectivity index (χ1) is 9.67. The van der Waals surface area contributed by atoms with Gasteiger partial charge in [0.25, 0.3) is 5.91 Å². The quantitative estimate of drug-likeness (QED) is 0.471. The summed E-state index contributed by atoms with van der Waals surface area (Å²) in [7, 11) is 0. The van der Waals surface area contributed by atoms with E-state index in [1.54, 1.807) is 28.2 Å². The average Bonchev–Trinajstić information content (AvgIpc) is 2.81. The second-order valence-electron chi connectivity index (χ2n) is 4.49. The molecular weight excluding hydrogens is 260 g/mol. The maximum atomic E-state index is 11.1. The molecule has 0 spiro atoms. The van der Waals surface area contributed by atoms with E-state index in [2.05, 4.69) is 17.2 Å². The van der Waals surface area contributed by atoms with Gasteiger partial charge in [-0.3, -0.25) is 14.4 Å². The van der Waals surface area contributed by atoms with E-state index in [0.717, 1.165) is 25.0 Å². The summed E-state index contributed by atoms with van der Waals surface area (Å²) in [5.41, 5.74) is 2.81. The molecule has 0 aliphatic rings. The van der Waals surface area contributed by atoms with Gasteiger partial charge in [-0.2, -0.15) is 0 Å². The van der Waals surface area contributed by atoms with E-state index >= 15 is 0 Å². The predicted molar refractivity (Wildman–Crippen MR) is 73.9 cm³/mol. The van der Waals surface area contributed by atoms with Gasteiger partial charge >= 0.3 is 0 Å². The molecule has 0 saturated heterocycles. The number of carbonyl (C=O) groups excluding carboxylic acids is 1. The molecule has 2 aromatic rings. The number of pyridine rings is 1. The second kappa shape index (κ2) is 6.25. The van der Waals surface area contributed by atoms with Crippen LogP contribution in [0.4, 0.5) is 5.82 Å². The molecule has 0 atom stereocenters. The van der Waals surface area contributed by atoms with Crippen molar-refractivity contribution in [2.45, 2.75) is 26.2 Å². The number of aryl methyl sites for hydroxylation is 1. The second-order valence-corrected chi connectivity index (χ2v) is 4.49. The summed E-state index contributed by atoms with van der Waals surface area (Å²) >= 11 is 0. The molecule has 0 unspecified atom stereocenters. The van der Waals surface area contributed by atoms with Crippen molar-refractivity contribution in [1.29, 1.82) is 0 Å². The number of aromatic nitrogens is 2. The summed E-state index contributed by atoms with van der Waals surface area (Å²) in [6.07, 6.45) is 4.50. The van der Waals surface area contributed by atoms with Crippen molar-refractivity contribution in [3.05, 3.63) is 24.0 Å². The van der Waals surface area contributed by atoms with Crippen molar-refractivity contribution in [1.82, 2.24) is 14.9 Å². The van der Waals surface area contributed by atoms with Crippen molar-refractivity contribution >= 4 is 17.4 Å². The maximum Gasteiger partial charge on any atom is 0.262 e. The Bertz CT molecular complexity index is 609. The minimum absolute atomic E-state index is 0.0704. The van der Waals surface area contributed by atoms with E-state index < -0.39 is 5.91 Å². The van der Waals surface area contributed by atoms with Gasteiger partial charge in [-0.1, -0.05) is 13.3 Å². The van der Waals surface area contributed by atoms with Crippen LogP contribution < -0.4 is 10.8 Å². The number of hydrogen-bond donors (Lipinski definition) is 4. The van der Waals surface area contributed by atoms with E-state index in [0.29, 0.717) is 11.5 Å². The van der Waals surface area contributed by atoms with Gasteiger partial charge in [-0.15, -0.1) is 0 Å². The molecule has 7 nitrogen and oxygen atoms in total. The lowest BCUT2D eigenvalue weighted by molar-refractivity contribution is -0.127. The van der Waals surface area contributed by atoms with Crippen molar-refractivity contribution in [3.8, 4) is 5.75 Å². The first-order valence-corrected chi connectivity index (χ1v) is 6.53. The molecule has 20 heavy (non-hydrogen) atoms. The number of nitrogens with one attached hydrogen (secondary N) is 2. The van der Waals surface area contributed by atoms with Gasteiger partial charge in [0.15, 0.2) is 11.4 Å². The van der Waals surface area contributed by atoms with Crippen LogP contribution in [0.25, 0.3) is 5.65 Å². The summed E-state index contributed by atoms with van der Waals surface area (Å²) in [6, 6.07) is 3.26. The zero-order valence-corrected chi connectivity index (χ0v) is 11.3. The summed E-state index contributed by atoms with van der Waals surface area (Å²) in [5.74, 6) is 0.208. The third kappa shape index (κ3) is 2.83. The molecule has 0 aromatic carbocycles. The van der Waals surface area contributed by atoms with E-state index in [9.17, 15) is 9.90 Å². The Morgan fingerprint density at radius 1 is 1.50 bits per heavy atom. The zero-order valence-electron chi connectivity index (χ0n) is 11.3. The summed E-state index contributed by atoms with van der Waals surface area (Å²) < 4.78 is 1.70. The molecule has 0 bridgehead atoms. The monoisotopic (exact) mass is 278 g/mol. The lowest BCUT2D eigenvalue weighted by atomic mass is 10.2. The van der Waals surface area contributed by atoms with Crippen LogP contribution in [-0.2, 0) is 11.2 Å². The molecule has 108 valence electrons. The highest BCUT2D eigenvalue weighted by atomic mass is 16.5. The number of fused-ring (bicyclic) bond motifs is 1. The molecule has 2 aromatic heterocycles. The number of carbonyl (C=O) groups is 1. The largest absolute Gasteiger partial charge is 0.504 e. The standard InChI is InChI=1S/C13H18N4O3/c1-2-3-5-9-12(14-8-11(19)16-20)17-7-4-6-10(18)13(17)15-9/h4,6-7,14,18,20H,2-3,5,8H2,1H3,(H,16,19). The van der Waals surface area contributed by atoms with Crippen LogP contribution in [0.2, 0.25) is 0 Å². The lowest BCUT2D eigenvalue weighted by Gasteiger charge is -2.07. The van der Waals surface area contributed by atoms with E-state index in [1.165, 1.54) is 0 Å². The minimum Gasteiger partial charge on any atom is -0.504 e.